The molecule has 1 aliphatic carbocycles. The molecule has 1 heterocycles. The van der Waals surface area contributed by atoms with Gasteiger partial charge < -0.3 is 35.6 Å². The van der Waals surface area contributed by atoms with Crippen LogP contribution < -0.4 is 21.3 Å². The molecule has 3 aromatic rings. The van der Waals surface area contributed by atoms with Gasteiger partial charge in [-0.1, -0.05) is 107 Å². The van der Waals surface area contributed by atoms with Crippen LogP contribution in [0.4, 0.5) is 9.18 Å². The number of alkyl halides is 1. The number of hydrogen-bond donors (Lipinski definition) is 4. The number of ether oxygens (including phenoxy) is 2. The van der Waals surface area contributed by atoms with Gasteiger partial charge in [0.05, 0.1) is 7.11 Å². The van der Waals surface area contributed by atoms with Crippen molar-refractivity contribution >= 4 is 35.7 Å². The van der Waals surface area contributed by atoms with E-state index in [1.54, 1.807) is 45.9 Å². The van der Waals surface area contributed by atoms with Crippen LogP contribution in [-0.2, 0) is 33.4 Å². The zero-order chi connectivity index (χ0) is 41.4. The molecule has 57 heavy (non-hydrogen) atoms. The van der Waals surface area contributed by atoms with Gasteiger partial charge in [0.15, 0.2) is 6.17 Å². The molecule has 0 bridgehead atoms. The van der Waals surface area contributed by atoms with Crippen molar-refractivity contribution in [1.29, 1.82) is 0 Å². The number of carbonyl (C=O) groups is 6. The van der Waals surface area contributed by atoms with E-state index in [0.29, 0.717) is 6.42 Å². The Kier molecular flexibility index (Phi) is 14.0. The number of rotatable bonds is 15. The van der Waals surface area contributed by atoms with Crippen molar-refractivity contribution in [3.63, 3.8) is 0 Å². The van der Waals surface area contributed by atoms with Gasteiger partial charge in [-0.15, -0.1) is 0 Å². The summed E-state index contributed by atoms with van der Waals surface area (Å²) < 4.78 is 26.8. The molecule has 0 aromatic heterocycles. The SMILES string of the molecule is COC(=O)[C@@H](NC(=O)[C@@H](NC(=O)[C@@H]1CCCN1C(=O)[C@H](NC(=O)[C@H](C)NC(=O)OCC1c2ccccc2-c2ccccc21)C(F)c1ccccc1)C(C)C)C(C)C. The molecule has 1 unspecified atom stereocenters. The Labute approximate surface area is 332 Å². The number of amides is 5. The maximum Gasteiger partial charge on any atom is 0.407 e. The lowest BCUT2D eigenvalue weighted by atomic mass is 9.98. The van der Waals surface area contributed by atoms with Crippen LogP contribution in [0.1, 0.15) is 76.2 Å². The lowest BCUT2D eigenvalue weighted by Crippen LogP contribution is -2.60. The minimum Gasteiger partial charge on any atom is -0.467 e. The van der Waals surface area contributed by atoms with Crippen LogP contribution in [0, 0.1) is 11.8 Å². The lowest BCUT2D eigenvalue weighted by Gasteiger charge is -2.32. The first-order valence-electron chi connectivity index (χ1n) is 19.3. The third kappa shape index (κ3) is 9.78. The maximum absolute atomic E-state index is 16.4. The predicted octanol–water partition coefficient (Wildman–Crippen LogP) is 4.55. The summed E-state index contributed by atoms with van der Waals surface area (Å²) in [4.78, 5) is 81.5. The Morgan fingerprint density at radius 1 is 0.719 bits per heavy atom. The van der Waals surface area contributed by atoms with E-state index in [4.69, 9.17) is 9.47 Å². The fraction of sp³-hybridized carbons (Fsp3) is 0.442. The highest BCUT2D eigenvalue weighted by Gasteiger charge is 2.43. The summed E-state index contributed by atoms with van der Waals surface area (Å²) >= 11 is 0. The molecule has 1 aliphatic heterocycles. The number of likely N-dealkylation sites (tertiary alicyclic amines) is 1. The molecule has 0 spiro atoms. The van der Waals surface area contributed by atoms with Gasteiger partial charge in [-0.2, -0.15) is 0 Å². The van der Waals surface area contributed by atoms with Crippen LogP contribution in [0.15, 0.2) is 78.9 Å². The standard InChI is InChI=1S/C43H52FN5O8/c1-24(2)35(40(52)47-36(25(3)4)42(54)56-6)46-39(51)33-21-14-22-49(33)41(53)37(34(44)27-15-8-7-9-16-27)48-38(50)26(5)45-43(55)57-23-32-30-19-12-10-17-28(30)29-18-11-13-20-31(29)32/h7-13,15-20,24-26,32-37H,14,21-23H2,1-6H3,(H,45,55)(H,46,51)(H,47,52)(H,48,50)/t26-,33-,34?,35-,36-,37+/m0/s1. The normalized spacial score (nSPS) is 17.4. The van der Waals surface area contributed by atoms with Crippen LogP contribution in [0.2, 0.25) is 0 Å². The molecule has 14 heteroatoms. The molecular weight excluding hydrogens is 733 g/mol. The van der Waals surface area contributed by atoms with Gasteiger partial charge >= 0.3 is 12.1 Å². The number of halogens is 1. The molecule has 6 atom stereocenters. The zero-order valence-electron chi connectivity index (χ0n) is 33.1. The number of carbonyl (C=O) groups excluding carboxylic acids is 6. The summed E-state index contributed by atoms with van der Waals surface area (Å²) in [5.41, 5.74) is 4.27. The third-order valence-electron chi connectivity index (χ3n) is 10.6. The second-order valence-corrected chi connectivity index (χ2v) is 15.2. The Balaban J connectivity index is 1.26. The first-order chi connectivity index (χ1) is 27.2. The van der Waals surface area contributed by atoms with E-state index in [1.807, 2.05) is 48.5 Å². The second kappa shape index (κ2) is 18.9. The van der Waals surface area contributed by atoms with Crippen molar-refractivity contribution < 1.29 is 42.6 Å². The summed E-state index contributed by atoms with van der Waals surface area (Å²) in [6.45, 7) is 8.43. The maximum atomic E-state index is 16.4. The highest BCUT2D eigenvalue weighted by Crippen LogP contribution is 2.44. The number of methoxy groups -OCH3 is 1. The minimum absolute atomic E-state index is 0.0111. The molecular formula is C43H52FN5O8. The Morgan fingerprint density at radius 3 is 1.86 bits per heavy atom. The van der Waals surface area contributed by atoms with Gasteiger partial charge in [0.25, 0.3) is 0 Å². The summed E-state index contributed by atoms with van der Waals surface area (Å²) in [7, 11) is 1.22. The lowest BCUT2D eigenvalue weighted by molar-refractivity contribution is -0.147. The number of nitrogens with zero attached hydrogens (tertiary/aromatic N) is 1. The summed E-state index contributed by atoms with van der Waals surface area (Å²) in [6.07, 6.45) is -2.26. The van der Waals surface area contributed by atoms with Gasteiger partial charge in [-0.25, -0.2) is 14.0 Å². The fourth-order valence-corrected chi connectivity index (χ4v) is 7.38. The molecule has 0 saturated carbocycles. The first kappa shape index (κ1) is 42.4. The van der Waals surface area contributed by atoms with E-state index in [2.05, 4.69) is 21.3 Å². The van der Waals surface area contributed by atoms with Crippen molar-refractivity contribution in [2.45, 2.75) is 89.8 Å². The van der Waals surface area contributed by atoms with Crippen LogP contribution >= 0.6 is 0 Å². The topological polar surface area (TPSA) is 172 Å². The summed E-state index contributed by atoms with van der Waals surface area (Å²) in [5.74, 6) is -4.47. The molecule has 2 aliphatic rings. The van der Waals surface area contributed by atoms with Crippen molar-refractivity contribution in [2.75, 3.05) is 20.3 Å². The predicted molar refractivity (Wildman–Crippen MR) is 210 cm³/mol. The van der Waals surface area contributed by atoms with Crippen LogP contribution in [0.3, 0.4) is 0 Å². The fourth-order valence-electron chi connectivity index (χ4n) is 7.38. The molecule has 304 valence electrons. The minimum atomic E-state index is -2.02. The van der Waals surface area contributed by atoms with Crippen LogP contribution in [-0.4, -0.2) is 91.1 Å². The molecule has 3 aromatic carbocycles. The summed E-state index contributed by atoms with van der Waals surface area (Å²) in [6, 6.07) is 17.5. The number of alkyl carbamates (subject to hydrolysis) is 1. The van der Waals surface area contributed by atoms with Crippen LogP contribution in [0.5, 0.6) is 0 Å². The van der Waals surface area contributed by atoms with Crippen LogP contribution in [0.25, 0.3) is 11.1 Å². The van der Waals surface area contributed by atoms with Gasteiger partial charge in [-0.05, 0) is 59.4 Å². The van der Waals surface area contributed by atoms with Gasteiger partial charge in [0.2, 0.25) is 23.6 Å². The number of nitrogens with one attached hydrogen (secondary N) is 4. The molecule has 5 rings (SSSR count). The Bertz CT molecular complexity index is 1900. The van der Waals surface area contributed by atoms with E-state index in [-0.39, 0.29) is 37.0 Å². The number of benzene rings is 3. The van der Waals surface area contributed by atoms with Gasteiger partial charge in [-0.3, -0.25) is 19.2 Å². The molecule has 5 amide bonds. The zero-order valence-corrected chi connectivity index (χ0v) is 33.1. The number of fused-ring (bicyclic) bond motifs is 3. The smallest absolute Gasteiger partial charge is 0.407 e. The Hall–Kier alpha value is -5.79. The van der Waals surface area contributed by atoms with Gasteiger partial charge in [0, 0.05) is 12.5 Å². The monoisotopic (exact) mass is 785 g/mol. The highest BCUT2D eigenvalue weighted by atomic mass is 19.1. The highest BCUT2D eigenvalue weighted by molar-refractivity contribution is 5.96. The van der Waals surface area contributed by atoms with E-state index in [9.17, 15) is 28.8 Å². The number of hydrogen-bond acceptors (Lipinski definition) is 8. The van der Waals surface area contributed by atoms with E-state index in [1.165, 1.54) is 31.1 Å². The average Bonchev–Trinajstić information content (AvgIpc) is 3.83. The van der Waals surface area contributed by atoms with Crippen molar-refractivity contribution in [3.8, 4) is 11.1 Å². The van der Waals surface area contributed by atoms with Crippen molar-refractivity contribution in [1.82, 2.24) is 26.2 Å². The number of esters is 1. The quantitative estimate of drug-likeness (QED) is 0.163. The molecule has 4 N–H and O–H groups in total. The summed E-state index contributed by atoms with van der Waals surface area (Å²) in [5, 5.41) is 10.4. The largest absolute Gasteiger partial charge is 0.467 e. The van der Waals surface area contributed by atoms with E-state index < -0.39 is 78.0 Å². The first-order valence-corrected chi connectivity index (χ1v) is 19.3. The molecule has 1 saturated heterocycles. The molecule has 0 radical (unpaired) electrons. The Morgan fingerprint density at radius 2 is 1.28 bits per heavy atom. The van der Waals surface area contributed by atoms with Crippen molar-refractivity contribution in [3.05, 3.63) is 95.6 Å². The van der Waals surface area contributed by atoms with Crippen molar-refractivity contribution in [2.24, 2.45) is 11.8 Å². The molecule has 13 nitrogen and oxygen atoms in total. The van der Waals surface area contributed by atoms with E-state index >= 15 is 4.39 Å². The third-order valence-corrected chi connectivity index (χ3v) is 10.6. The van der Waals surface area contributed by atoms with E-state index in [0.717, 1.165) is 22.3 Å². The average molecular weight is 786 g/mol. The second-order valence-electron chi connectivity index (χ2n) is 15.2. The van der Waals surface area contributed by atoms with Gasteiger partial charge in [0.1, 0.15) is 36.8 Å². The molecule has 1 fully saturated rings.